The molecule has 0 spiro atoms. The van der Waals surface area contributed by atoms with Gasteiger partial charge in [-0.05, 0) is 13.3 Å². The molecule has 2 aliphatic heterocycles. The maximum Gasteiger partial charge on any atom is 0.337 e. The van der Waals surface area contributed by atoms with Gasteiger partial charge in [0.25, 0.3) is 0 Å². The van der Waals surface area contributed by atoms with E-state index in [1.807, 2.05) is 6.92 Å². The van der Waals surface area contributed by atoms with Crippen molar-refractivity contribution >= 4 is 12.0 Å². The van der Waals surface area contributed by atoms with Gasteiger partial charge in [0.1, 0.15) is 0 Å². The predicted octanol–water partition coefficient (Wildman–Crippen LogP) is 0.227. The van der Waals surface area contributed by atoms with E-state index in [9.17, 15) is 9.59 Å². The maximum atomic E-state index is 12.2. The number of esters is 1. The molecule has 7 nitrogen and oxygen atoms in total. The number of rotatable bonds is 5. The summed E-state index contributed by atoms with van der Waals surface area (Å²) in [6, 6.07) is -0.563. The van der Waals surface area contributed by atoms with Crippen LogP contribution in [0, 0.1) is 0 Å². The fourth-order valence-electron chi connectivity index (χ4n) is 2.57. The van der Waals surface area contributed by atoms with Gasteiger partial charge in [0.2, 0.25) is 0 Å². The van der Waals surface area contributed by atoms with Gasteiger partial charge >= 0.3 is 12.0 Å². The van der Waals surface area contributed by atoms with Crippen LogP contribution in [0.4, 0.5) is 4.79 Å². The first-order valence-corrected chi connectivity index (χ1v) is 7.43. The second-order valence-corrected chi connectivity index (χ2v) is 5.06. The molecule has 0 radical (unpaired) electrons. The summed E-state index contributed by atoms with van der Waals surface area (Å²) in [7, 11) is 0. The Hall–Kier alpha value is -1.60. The van der Waals surface area contributed by atoms with E-state index in [-0.39, 0.29) is 18.0 Å². The van der Waals surface area contributed by atoms with E-state index in [0.29, 0.717) is 44.1 Å². The van der Waals surface area contributed by atoms with E-state index in [0.717, 1.165) is 13.1 Å². The van der Waals surface area contributed by atoms with Crippen LogP contribution in [0.5, 0.6) is 0 Å². The highest BCUT2D eigenvalue weighted by Crippen LogP contribution is 2.18. The van der Waals surface area contributed by atoms with Crippen LogP contribution in [0.3, 0.4) is 0 Å². The van der Waals surface area contributed by atoms with Gasteiger partial charge in [-0.2, -0.15) is 0 Å². The van der Waals surface area contributed by atoms with E-state index in [1.165, 1.54) is 0 Å². The minimum absolute atomic E-state index is 0.266. The molecular weight excluding hydrogens is 274 g/mol. The van der Waals surface area contributed by atoms with Gasteiger partial charge in [0.15, 0.2) is 0 Å². The molecule has 21 heavy (non-hydrogen) atoms. The summed E-state index contributed by atoms with van der Waals surface area (Å²) < 4.78 is 10.5. The molecule has 0 aliphatic carbocycles. The Labute approximate surface area is 124 Å². The van der Waals surface area contributed by atoms with Gasteiger partial charge in [-0.1, -0.05) is 6.92 Å². The first-order chi connectivity index (χ1) is 10.2. The highest BCUT2D eigenvalue weighted by atomic mass is 16.5. The van der Waals surface area contributed by atoms with Gasteiger partial charge in [-0.15, -0.1) is 0 Å². The van der Waals surface area contributed by atoms with Crippen molar-refractivity contribution in [3.8, 4) is 0 Å². The van der Waals surface area contributed by atoms with Crippen molar-refractivity contribution in [2.24, 2.45) is 0 Å². The average Bonchev–Trinajstić information content (AvgIpc) is 2.47. The zero-order valence-corrected chi connectivity index (χ0v) is 12.6. The lowest BCUT2D eigenvalue weighted by Crippen LogP contribution is -2.52. The predicted molar refractivity (Wildman–Crippen MR) is 76.7 cm³/mol. The number of hydrogen-bond donors (Lipinski definition) is 2. The summed E-state index contributed by atoms with van der Waals surface area (Å²) in [5, 5.41) is 5.53. The Morgan fingerprint density at radius 3 is 2.71 bits per heavy atom. The van der Waals surface area contributed by atoms with Crippen molar-refractivity contribution in [2.75, 3.05) is 39.5 Å². The van der Waals surface area contributed by atoms with Gasteiger partial charge in [-0.3, -0.25) is 4.90 Å². The minimum Gasteiger partial charge on any atom is -0.463 e. The number of ether oxygens (including phenoxy) is 2. The summed E-state index contributed by atoms with van der Waals surface area (Å²) in [5.74, 6) is -0.361. The van der Waals surface area contributed by atoms with Crippen LogP contribution in [-0.2, 0) is 14.3 Å². The maximum absolute atomic E-state index is 12.2. The van der Waals surface area contributed by atoms with Crippen LogP contribution in [0.2, 0.25) is 0 Å². The zero-order chi connectivity index (χ0) is 15.2. The molecule has 2 heterocycles. The third kappa shape index (κ3) is 3.95. The number of hydrogen-bond acceptors (Lipinski definition) is 5. The molecule has 2 aliphatic rings. The van der Waals surface area contributed by atoms with Gasteiger partial charge in [-0.25, -0.2) is 9.59 Å². The number of morpholine rings is 1. The second kappa shape index (κ2) is 7.42. The van der Waals surface area contributed by atoms with Gasteiger partial charge < -0.3 is 20.1 Å². The average molecular weight is 297 g/mol. The van der Waals surface area contributed by atoms with E-state index in [1.54, 1.807) is 6.92 Å². The first kappa shape index (κ1) is 15.8. The molecule has 0 saturated carbocycles. The molecule has 2 rings (SSSR count). The van der Waals surface area contributed by atoms with Crippen LogP contribution < -0.4 is 10.6 Å². The lowest BCUT2D eigenvalue weighted by molar-refractivity contribution is -0.139. The molecule has 2 N–H and O–H groups in total. The van der Waals surface area contributed by atoms with Crippen LogP contribution in [0.15, 0.2) is 11.3 Å². The lowest BCUT2D eigenvalue weighted by atomic mass is 10.00. The summed E-state index contributed by atoms with van der Waals surface area (Å²) in [4.78, 5) is 26.1. The largest absolute Gasteiger partial charge is 0.463 e. The summed E-state index contributed by atoms with van der Waals surface area (Å²) in [6.45, 7) is 7.48. The third-order valence-electron chi connectivity index (χ3n) is 3.63. The first-order valence-electron chi connectivity index (χ1n) is 7.43. The van der Waals surface area contributed by atoms with Gasteiger partial charge in [0.05, 0.1) is 31.4 Å². The topological polar surface area (TPSA) is 79.9 Å². The van der Waals surface area contributed by atoms with Crippen molar-refractivity contribution in [1.82, 2.24) is 15.5 Å². The number of carbonyl (C=O) groups is 2. The zero-order valence-electron chi connectivity index (χ0n) is 12.6. The summed E-state index contributed by atoms with van der Waals surface area (Å²) >= 11 is 0. The Morgan fingerprint density at radius 1 is 1.38 bits per heavy atom. The molecule has 0 aromatic heterocycles. The molecule has 0 unspecified atom stereocenters. The SMILES string of the molecule is CCOC(=O)C1=C(CN2CCOCC2)NC(=O)N[C@H]1CC. The lowest BCUT2D eigenvalue weighted by Gasteiger charge is -2.32. The fraction of sp³-hybridized carbons (Fsp3) is 0.714. The number of nitrogens with one attached hydrogen (secondary N) is 2. The molecule has 118 valence electrons. The molecule has 0 aromatic rings. The third-order valence-corrected chi connectivity index (χ3v) is 3.63. The Balaban J connectivity index is 2.22. The van der Waals surface area contributed by atoms with E-state index < -0.39 is 0 Å². The van der Waals surface area contributed by atoms with Gasteiger partial charge in [0, 0.05) is 25.3 Å². The minimum atomic E-state index is -0.361. The molecule has 0 bridgehead atoms. The van der Waals surface area contributed by atoms with E-state index in [2.05, 4.69) is 15.5 Å². The van der Waals surface area contributed by atoms with Crippen LogP contribution in [0.1, 0.15) is 20.3 Å². The summed E-state index contributed by atoms with van der Waals surface area (Å²) in [5.41, 5.74) is 1.18. The monoisotopic (exact) mass is 297 g/mol. The standard InChI is InChI=1S/C14H23N3O4/c1-3-10-12(13(18)21-4-2)11(16-14(19)15-10)9-17-5-7-20-8-6-17/h10H,3-9H2,1-2H3,(H2,15,16,19)/t10-/m0/s1. The second-order valence-electron chi connectivity index (χ2n) is 5.06. The molecule has 2 amide bonds. The normalized spacial score (nSPS) is 23.5. The number of nitrogens with zero attached hydrogens (tertiary/aromatic N) is 1. The molecular formula is C14H23N3O4. The smallest absolute Gasteiger partial charge is 0.337 e. The van der Waals surface area contributed by atoms with Crippen molar-refractivity contribution in [2.45, 2.75) is 26.3 Å². The van der Waals surface area contributed by atoms with Crippen LogP contribution in [0.25, 0.3) is 0 Å². The Bertz CT molecular complexity index is 430. The highest BCUT2D eigenvalue weighted by molar-refractivity contribution is 5.94. The molecule has 1 saturated heterocycles. The van der Waals surface area contributed by atoms with Crippen LogP contribution in [-0.4, -0.2) is 62.4 Å². The van der Waals surface area contributed by atoms with E-state index >= 15 is 0 Å². The molecule has 1 fully saturated rings. The van der Waals surface area contributed by atoms with Crippen LogP contribution >= 0.6 is 0 Å². The number of amides is 2. The molecule has 0 aromatic carbocycles. The fourth-order valence-corrected chi connectivity index (χ4v) is 2.57. The van der Waals surface area contributed by atoms with Crippen molar-refractivity contribution < 1.29 is 19.1 Å². The van der Waals surface area contributed by atoms with Crippen molar-refractivity contribution in [3.63, 3.8) is 0 Å². The van der Waals surface area contributed by atoms with Crippen molar-refractivity contribution in [1.29, 1.82) is 0 Å². The highest BCUT2D eigenvalue weighted by Gasteiger charge is 2.32. The van der Waals surface area contributed by atoms with E-state index in [4.69, 9.17) is 9.47 Å². The number of carbonyl (C=O) groups excluding carboxylic acids is 2. The Kier molecular flexibility index (Phi) is 5.58. The Morgan fingerprint density at radius 2 is 2.10 bits per heavy atom. The van der Waals surface area contributed by atoms with Crippen molar-refractivity contribution in [3.05, 3.63) is 11.3 Å². The molecule has 7 heteroatoms. The number of urea groups is 1. The summed E-state index contributed by atoms with van der Waals surface area (Å²) in [6.07, 6.45) is 0.647. The quantitative estimate of drug-likeness (QED) is 0.710. The molecule has 1 atom stereocenters.